The maximum absolute atomic E-state index is 13.3. The van der Waals surface area contributed by atoms with Crippen LogP contribution in [-0.2, 0) is 23.7 Å². The number of amides is 1. The number of hydrogen-bond acceptors (Lipinski definition) is 13. The molecule has 0 aromatic rings. The van der Waals surface area contributed by atoms with Crippen molar-refractivity contribution in [3.8, 4) is 0 Å². The summed E-state index contributed by atoms with van der Waals surface area (Å²) in [5, 5.41) is 87.0. The maximum Gasteiger partial charge on any atom is 0.220 e. The first-order chi connectivity index (χ1) is 41.1. The van der Waals surface area contributed by atoms with Crippen LogP contribution in [0.4, 0.5) is 0 Å². The summed E-state index contributed by atoms with van der Waals surface area (Å²) < 4.78 is 22.7. The van der Waals surface area contributed by atoms with Gasteiger partial charge in [0.2, 0.25) is 5.91 Å². The Balaban J connectivity index is 1.69. The number of carbonyl (C=O) groups is 1. The Morgan fingerprint density at radius 3 is 1.26 bits per heavy atom. The predicted octanol–water partition coefficient (Wildman–Crippen LogP) is 12.1. The Bertz CT molecular complexity index is 1970. The second-order valence-corrected chi connectivity index (χ2v) is 21.8. The van der Waals surface area contributed by atoms with Gasteiger partial charge in [-0.2, -0.15) is 0 Å². The van der Waals surface area contributed by atoms with E-state index in [1.54, 1.807) is 6.08 Å². The van der Waals surface area contributed by atoms with Gasteiger partial charge < -0.3 is 65.1 Å². The van der Waals surface area contributed by atoms with Gasteiger partial charge in [0.1, 0.15) is 48.8 Å². The smallest absolute Gasteiger partial charge is 0.220 e. The van der Waals surface area contributed by atoms with Crippen LogP contribution in [0.25, 0.3) is 0 Å². The Morgan fingerprint density at radius 2 is 0.821 bits per heavy atom. The van der Waals surface area contributed by atoms with Crippen LogP contribution in [0.15, 0.2) is 146 Å². The molecule has 2 saturated heterocycles. The lowest BCUT2D eigenvalue weighted by Crippen LogP contribution is -2.65. The number of rotatable bonds is 49. The predicted molar refractivity (Wildman–Crippen MR) is 341 cm³/mol. The van der Waals surface area contributed by atoms with Crippen molar-refractivity contribution in [2.75, 3.05) is 19.8 Å². The summed E-state index contributed by atoms with van der Waals surface area (Å²) in [4.78, 5) is 13.3. The monoisotopic (exact) mass is 1180 g/mol. The summed E-state index contributed by atoms with van der Waals surface area (Å²) in [5.74, 6) is -0.279. The summed E-state index contributed by atoms with van der Waals surface area (Å²) in [6, 6.07) is -0.943. The minimum Gasteiger partial charge on any atom is -0.394 e. The average molecular weight is 1180 g/mol. The van der Waals surface area contributed by atoms with Crippen molar-refractivity contribution in [2.45, 2.75) is 267 Å². The third kappa shape index (κ3) is 37.4. The highest BCUT2D eigenvalue weighted by molar-refractivity contribution is 5.76. The third-order valence-electron chi connectivity index (χ3n) is 14.5. The second kappa shape index (κ2) is 53.1. The molecule has 0 spiro atoms. The molecule has 12 atom stereocenters. The molecule has 2 rings (SSSR count). The number of allylic oxidation sites excluding steroid dienone is 23. The standard InChI is InChI=1S/C70H113NO13/c1-3-5-7-9-11-13-15-17-18-19-20-21-22-23-24-25-26-27-28-29-30-31-32-33-34-35-36-37-38-39-40-42-44-46-48-50-52-54-62(75)71-58(59(74)53-51-49-47-45-43-41-16-14-12-10-8-6-4-2)57-81-69-67(80)65(78)68(61(56-73)83-69)84-70-66(79)64(77)63(76)60(55-72)82-70/h5,7,11,13,17-18,20-21,23-24,26-27,29-30,32-33,35-36,38-39,42,44,51,53,58-61,63-70,72-74,76-80H,3-4,6,8-10,12,14-16,19,22,25,28,31,34,37,40-41,43,45-50,52,54-57H2,1-2H3,(H,71,75)/b7-5-,13-11-,18-17-,21-20-,24-23-,27-26-,30-29-,33-32-,36-35-,39-38-,44-42-,53-51+. The zero-order valence-corrected chi connectivity index (χ0v) is 51.3. The molecule has 0 aliphatic carbocycles. The first-order valence-corrected chi connectivity index (χ1v) is 32.1. The molecule has 9 N–H and O–H groups in total. The van der Waals surface area contributed by atoms with Crippen LogP contribution in [0.3, 0.4) is 0 Å². The van der Waals surface area contributed by atoms with Crippen LogP contribution < -0.4 is 5.32 Å². The molecule has 2 heterocycles. The lowest BCUT2D eigenvalue weighted by molar-refractivity contribution is -0.359. The lowest BCUT2D eigenvalue weighted by Gasteiger charge is -2.46. The van der Waals surface area contributed by atoms with Gasteiger partial charge >= 0.3 is 0 Å². The van der Waals surface area contributed by atoms with Gasteiger partial charge in [-0.15, -0.1) is 0 Å². The van der Waals surface area contributed by atoms with E-state index < -0.39 is 86.8 Å². The topological polar surface area (TPSA) is 228 Å². The van der Waals surface area contributed by atoms with Crippen molar-refractivity contribution in [1.82, 2.24) is 5.32 Å². The second-order valence-electron chi connectivity index (χ2n) is 21.8. The van der Waals surface area contributed by atoms with Crippen LogP contribution >= 0.6 is 0 Å². The minimum absolute atomic E-state index is 0.231. The SMILES string of the molecule is CC/C=C\C/C=C\C/C=C\C/C=C\C/C=C\C/C=C\C/C=C\C/C=C\C/C=C\C/C=C\C/C=C\CCCCCC(=O)NC(COC1OC(CO)C(OC2OC(CO)C(O)C(O)C2O)C(O)C1O)C(O)/C=C/CCCCCCCCCCCCC. The van der Waals surface area contributed by atoms with Crippen molar-refractivity contribution in [3.63, 3.8) is 0 Å². The molecule has 0 aromatic heterocycles. The van der Waals surface area contributed by atoms with Crippen molar-refractivity contribution in [3.05, 3.63) is 146 Å². The zero-order valence-electron chi connectivity index (χ0n) is 51.3. The van der Waals surface area contributed by atoms with Gasteiger partial charge in [0.05, 0.1) is 32.0 Å². The molecule has 14 nitrogen and oxygen atoms in total. The minimum atomic E-state index is -1.80. The van der Waals surface area contributed by atoms with Crippen LogP contribution in [-0.4, -0.2) is 140 Å². The number of ether oxygens (including phenoxy) is 4. The molecular formula is C70H113NO13. The van der Waals surface area contributed by atoms with Crippen molar-refractivity contribution >= 4 is 5.91 Å². The highest BCUT2D eigenvalue weighted by Crippen LogP contribution is 2.30. The lowest BCUT2D eigenvalue weighted by atomic mass is 9.97. The molecule has 2 aliphatic rings. The van der Waals surface area contributed by atoms with Gasteiger partial charge in [0.15, 0.2) is 12.6 Å². The highest BCUT2D eigenvalue weighted by atomic mass is 16.7. The van der Waals surface area contributed by atoms with Gasteiger partial charge in [-0.3, -0.25) is 4.79 Å². The normalized spacial score (nSPS) is 24.7. The molecule has 0 saturated carbocycles. The summed E-state index contributed by atoms with van der Waals surface area (Å²) in [5.41, 5.74) is 0. The Morgan fingerprint density at radius 1 is 0.440 bits per heavy atom. The van der Waals surface area contributed by atoms with Crippen LogP contribution in [0.2, 0.25) is 0 Å². The van der Waals surface area contributed by atoms with E-state index in [9.17, 15) is 45.6 Å². The van der Waals surface area contributed by atoms with E-state index in [0.717, 1.165) is 116 Å². The molecule has 14 heteroatoms. The summed E-state index contributed by atoms with van der Waals surface area (Å²) in [6.07, 6.45) is 63.2. The number of unbranched alkanes of at least 4 members (excludes halogenated alkanes) is 14. The van der Waals surface area contributed by atoms with Crippen LogP contribution in [0.5, 0.6) is 0 Å². The molecule has 12 unspecified atom stereocenters. The quantitative estimate of drug-likeness (QED) is 0.0204. The highest BCUT2D eigenvalue weighted by Gasteiger charge is 2.51. The Hall–Kier alpha value is -4.13. The van der Waals surface area contributed by atoms with Gasteiger partial charge in [0, 0.05) is 6.42 Å². The number of aliphatic hydroxyl groups is 8. The largest absolute Gasteiger partial charge is 0.394 e. The van der Waals surface area contributed by atoms with E-state index >= 15 is 0 Å². The van der Waals surface area contributed by atoms with E-state index in [2.05, 4.69) is 153 Å². The number of aliphatic hydroxyl groups excluding tert-OH is 8. The van der Waals surface area contributed by atoms with E-state index in [1.165, 1.54) is 51.4 Å². The number of hydrogen-bond donors (Lipinski definition) is 9. The van der Waals surface area contributed by atoms with Crippen molar-refractivity contribution in [2.24, 2.45) is 0 Å². The maximum atomic E-state index is 13.3. The van der Waals surface area contributed by atoms with E-state index in [-0.39, 0.29) is 18.9 Å². The third-order valence-corrected chi connectivity index (χ3v) is 14.5. The van der Waals surface area contributed by atoms with Crippen LogP contribution in [0.1, 0.15) is 194 Å². The summed E-state index contributed by atoms with van der Waals surface area (Å²) in [6.45, 7) is 2.63. The van der Waals surface area contributed by atoms with E-state index in [1.807, 2.05) is 6.08 Å². The van der Waals surface area contributed by atoms with Crippen molar-refractivity contribution in [1.29, 1.82) is 0 Å². The Labute approximate surface area is 506 Å². The molecule has 0 aromatic carbocycles. The number of carbonyl (C=O) groups excluding carboxylic acids is 1. The van der Waals surface area contributed by atoms with E-state index in [0.29, 0.717) is 6.42 Å². The molecule has 1 amide bonds. The summed E-state index contributed by atoms with van der Waals surface area (Å²) >= 11 is 0. The average Bonchev–Trinajstić information content (AvgIpc) is 2.58. The molecule has 2 aliphatic heterocycles. The molecule has 2 fully saturated rings. The Kier molecular flexibility index (Phi) is 48.1. The van der Waals surface area contributed by atoms with Crippen molar-refractivity contribution < 1.29 is 64.6 Å². The van der Waals surface area contributed by atoms with Gasteiger partial charge in [-0.25, -0.2) is 0 Å². The van der Waals surface area contributed by atoms with E-state index in [4.69, 9.17) is 18.9 Å². The molecule has 84 heavy (non-hydrogen) atoms. The zero-order chi connectivity index (χ0) is 60.9. The summed E-state index contributed by atoms with van der Waals surface area (Å²) in [7, 11) is 0. The molecule has 476 valence electrons. The fourth-order valence-corrected chi connectivity index (χ4v) is 9.41. The van der Waals surface area contributed by atoms with Gasteiger partial charge in [0.25, 0.3) is 0 Å². The van der Waals surface area contributed by atoms with Gasteiger partial charge in [-0.1, -0.05) is 230 Å². The fraction of sp³-hybridized carbons (Fsp3) is 0.643. The molecular weight excluding hydrogens is 1060 g/mol. The molecule has 0 bridgehead atoms. The molecule has 0 radical (unpaired) electrons. The fourth-order valence-electron chi connectivity index (χ4n) is 9.41. The first-order valence-electron chi connectivity index (χ1n) is 32.1. The number of nitrogens with one attached hydrogen (secondary N) is 1. The van der Waals surface area contributed by atoms with Gasteiger partial charge in [-0.05, 0) is 103 Å². The first kappa shape index (κ1) is 76.0. The van der Waals surface area contributed by atoms with Crippen LogP contribution in [0, 0.1) is 0 Å².